The molecule has 3 rings (SSSR count). The molecular weight excluding hydrogens is 635 g/mol. The number of hydrogen-bond donors (Lipinski definition) is 9. The van der Waals surface area contributed by atoms with Gasteiger partial charge in [-0.05, 0) is 57.4 Å². The van der Waals surface area contributed by atoms with Gasteiger partial charge in [0.05, 0.1) is 18.7 Å². The summed E-state index contributed by atoms with van der Waals surface area (Å²) in [6.45, 7) is 5.91. The van der Waals surface area contributed by atoms with Gasteiger partial charge in [0.1, 0.15) is 23.9 Å². The number of aliphatic hydroxyl groups is 3. The van der Waals surface area contributed by atoms with Gasteiger partial charge >= 0.3 is 0 Å². The molecule has 1 aliphatic heterocycles. The van der Waals surface area contributed by atoms with Gasteiger partial charge in [0.2, 0.25) is 23.6 Å². The summed E-state index contributed by atoms with van der Waals surface area (Å²) in [6.07, 6.45) is -1.85. The first-order valence-corrected chi connectivity index (χ1v) is 16.8. The van der Waals surface area contributed by atoms with Crippen LogP contribution in [0.5, 0.6) is 5.75 Å². The van der Waals surface area contributed by atoms with E-state index in [1.807, 2.05) is 0 Å². The first kappa shape index (κ1) is 37.1. The van der Waals surface area contributed by atoms with Crippen LogP contribution < -0.4 is 27.0 Å². The first-order valence-electron chi connectivity index (χ1n) is 14.7. The predicted octanol–water partition coefficient (Wildman–Crippen LogP) is -0.301. The third-order valence-corrected chi connectivity index (χ3v) is 11.8. The summed E-state index contributed by atoms with van der Waals surface area (Å²) in [4.78, 5) is 54.0. The fourth-order valence-electron chi connectivity index (χ4n) is 4.74. The van der Waals surface area contributed by atoms with Crippen molar-refractivity contribution in [1.82, 2.24) is 21.3 Å². The minimum atomic E-state index is -1.99. The minimum absolute atomic E-state index is 0.0334. The molecule has 252 valence electrons. The number of amides is 4. The van der Waals surface area contributed by atoms with E-state index < -0.39 is 76.2 Å². The fraction of sp³-hybridized carbons (Fsp3) is 0.484. The number of rotatable bonds is 8. The molecule has 1 heterocycles. The molecule has 0 unspecified atom stereocenters. The van der Waals surface area contributed by atoms with Crippen molar-refractivity contribution >= 4 is 45.2 Å². The van der Waals surface area contributed by atoms with Crippen LogP contribution in [0.3, 0.4) is 0 Å². The van der Waals surface area contributed by atoms with Gasteiger partial charge in [-0.15, -0.1) is 0 Å². The Morgan fingerprint density at radius 2 is 1.41 bits per heavy atom. The van der Waals surface area contributed by atoms with Gasteiger partial charge in [-0.3, -0.25) is 19.2 Å². The second kappa shape index (κ2) is 16.0. The zero-order valence-electron chi connectivity index (χ0n) is 26.1. The lowest BCUT2D eigenvalue weighted by atomic mass is 9.99. The van der Waals surface area contributed by atoms with Crippen molar-refractivity contribution in [3.05, 3.63) is 65.7 Å². The molecule has 46 heavy (non-hydrogen) atoms. The van der Waals surface area contributed by atoms with Gasteiger partial charge in [0.15, 0.2) is 6.29 Å². The van der Waals surface area contributed by atoms with Crippen LogP contribution in [0.25, 0.3) is 0 Å². The summed E-state index contributed by atoms with van der Waals surface area (Å²) in [5.74, 6) is -2.94. The highest BCUT2D eigenvalue weighted by Crippen LogP contribution is 2.47. The van der Waals surface area contributed by atoms with Crippen LogP contribution in [0, 0.1) is 0 Å². The highest BCUT2D eigenvalue weighted by Gasteiger charge is 2.44. The second-order valence-electron chi connectivity index (χ2n) is 12.2. The van der Waals surface area contributed by atoms with Crippen LogP contribution in [-0.2, 0) is 32.0 Å². The van der Waals surface area contributed by atoms with Crippen LogP contribution in [0.15, 0.2) is 54.6 Å². The Labute approximate surface area is 275 Å². The number of carbonyl (C=O) groups is 4. The van der Waals surface area contributed by atoms with Crippen molar-refractivity contribution in [2.45, 2.75) is 86.5 Å². The highest BCUT2D eigenvalue weighted by atomic mass is 33.1. The molecule has 4 amide bonds. The standard InChI is InChI=1S/C31H43N5O8S2/c1-30(2)23(35-25(39)20(32)14-18-10-12-19(38)13-11-18)28(42)34-22(16-37)27(41)33-21(15-17-8-6-5-7-9-17)26(40)36-24(29(43)44)31(3,4)46-45-30/h5-13,20-24,29,37-38,43-44H,14-16,32H2,1-4H3,(H,33,41)(H,34,42)(H,35,39)(H,36,40)/t20-,21-,22+,23+,24+/m0/s1. The zero-order valence-corrected chi connectivity index (χ0v) is 27.7. The van der Waals surface area contributed by atoms with Crippen molar-refractivity contribution in [3.63, 3.8) is 0 Å². The number of hydrogen-bond acceptors (Lipinski definition) is 11. The van der Waals surface area contributed by atoms with Crippen LogP contribution >= 0.6 is 21.6 Å². The van der Waals surface area contributed by atoms with E-state index in [1.165, 1.54) is 22.9 Å². The Morgan fingerprint density at radius 3 is 2.00 bits per heavy atom. The zero-order chi connectivity index (χ0) is 34.2. The molecule has 0 bridgehead atoms. The summed E-state index contributed by atoms with van der Waals surface area (Å²) in [5.41, 5.74) is 7.57. The summed E-state index contributed by atoms with van der Waals surface area (Å²) < 4.78 is -2.16. The van der Waals surface area contributed by atoms with Gasteiger partial charge in [-0.25, -0.2) is 0 Å². The van der Waals surface area contributed by atoms with E-state index in [1.54, 1.807) is 70.2 Å². The van der Waals surface area contributed by atoms with Crippen LogP contribution in [0.2, 0.25) is 0 Å². The molecule has 1 fully saturated rings. The smallest absolute Gasteiger partial charge is 0.245 e. The number of benzene rings is 2. The Balaban J connectivity index is 1.95. The summed E-state index contributed by atoms with van der Waals surface area (Å²) in [5, 5.41) is 50.8. The average Bonchev–Trinajstić information content (AvgIpc) is 3.00. The number of aromatic hydroxyl groups is 1. The Bertz CT molecular complexity index is 1360. The highest BCUT2D eigenvalue weighted by molar-refractivity contribution is 8.77. The van der Waals surface area contributed by atoms with E-state index in [4.69, 9.17) is 5.73 Å². The summed E-state index contributed by atoms with van der Waals surface area (Å²) in [6, 6.07) is 8.73. The quantitative estimate of drug-likeness (QED) is 0.130. The summed E-state index contributed by atoms with van der Waals surface area (Å²) in [7, 11) is 2.32. The lowest BCUT2D eigenvalue weighted by Crippen LogP contribution is -2.64. The lowest BCUT2D eigenvalue weighted by Gasteiger charge is -2.40. The average molecular weight is 678 g/mol. The van der Waals surface area contributed by atoms with Crippen molar-refractivity contribution in [2.24, 2.45) is 5.73 Å². The molecule has 0 aliphatic carbocycles. The Hall–Kier alpha value is -3.34. The number of nitrogens with two attached hydrogens (primary N) is 1. The predicted molar refractivity (Wildman–Crippen MR) is 176 cm³/mol. The molecule has 1 aliphatic rings. The van der Waals surface area contributed by atoms with E-state index >= 15 is 0 Å². The lowest BCUT2D eigenvalue weighted by molar-refractivity contribution is -0.136. The van der Waals surface area contributed by atoms with Gasteiger partial charge < -0.3 is 47.4 Å². The third-order valence-electron chi connectivity index (χ3n) is 7.52. The maximum Gasteiger partial charge on any atom is 0.245 e. The molecule has 0 saturated carbocycles. The van der Waals surface area contributed by atoms with E-state index in [-0.39, 0.29) is 18.6 Å². The molecule has 0 radical (unpaired) electrons. The van der Waals surface area contributed by atoms with E-state index in [0.29, 0.717) is 11.1 Å². The SMILES string of the molecule is CC1(C)SSC(C)(C)[C@@H](C(O)O)NC(=O)[C@H](Cc2ccccc2)NC(=O)[C@@H](CO)NC(=O)[C@H]1NC(=O)[C@@H](N)Cc1ccc(O)cc1. The van der Waals surface area contributed by atoms with Crippen molar-refractivity contribution < 1.29 is 39.6 Å². The fourth-order valence-corrected chi connectivity index (χ4v) is 7.60. The monoisotopic (exact) mass is 677 g/mol. The van der Waals surface area contributed by atoms with Crippen LogP contribution in [0.1, 0.15) is 38.8 Å². The number of phenolic OH excluding ortho intramolecular Hbond substituents is 1. The molecular formula is C31H43N5O8S2. The number of nitrogens with one attached hydrogen (secondary N) is 4. The third kappa shape index (κ3) is 10.1. The molecule has 2 aromatic carbocycles. The molecule has 2 aromatic rings. The molecule has 1 saturated heterocycles. The van der Waals surface area contributed by atoms with Gasteiger partial charge in [0.25, 0.3) is 0 Å². The van der Waals surface area contributed by atoms with Crippen LogP contribution in [0.4, 0.5) is 0 Å². The van der Waals surface area contributed by atoms with Gasteiger partial charge in [0, 0.05) is 15.9 Å². The molecule has 13 nitrogen and oxygen atoms in total. The first-order chi connectivity index (χ1) is 21.5. The van der Waals surface area contributed by atoms with E-state index in [0.717, 1.165) is 10.8 Å². The maximum absolute atomic E-state index is 13.8. The normalized spacial score (nSPS) is 24.6. The Morgan fingerprint density at radius 1 is 0.848 bits per heavy atom. The van der Waals surface area contributed by atoms with Crippen molar-refractivity contribution in [2.75, 3.05) is 6.61 Å². The molecule has 0 spiro atoms. The topological polar surface area (TPSA) is 223 Å². The summed E-state index contributed by atoms with van der Waals surface area (Å²) >= 11 is 0. The van der Waals surface area contributed by atoms with Gasteiger partial charge in [-0.1, -0.05) is 64.1 Å². The molecule has 0 aromatic heterocycles. The molecule has 15 heteroatoms. The van der Waals surface area contributed by atoms with E-state index in [2.05, 4.69) is 21.3 Å². The maximum atomic E-state index is 13.8. The van der Waals surface area contributed by atoms with E-state index in [9.17, 15) is 39.6 Å². The largest absolute Gasteiger partial charge is 0.508 e. The Kier molecular flexibility index (Phi) is 12.9. The number of phenols is 1. The minimum Gasteiger partial charge on any atom is -0.508 e. The number of carbonyl (C=O) groups excluding carboxylic acids is 4. The molecule has 5 atom stereocenters. The van der Waals surface area contributed by atoms with Gasteiger partial charge in [-0.2, -0.15) is 0 Å². The van der Waals surface area contributed by atoms with Crippen molar-refractivity contribution in [1.29, 1.82) is 0 Å². The molecule has 10 N–H and O–H groups in total. The van der Waals surface area contributed by atoms with Crippen molar-refractivity contribution in [3.8, 4) is 5.75 Å². The number of aliphatic hydroxyl groups excluding tert-OH is 2. The van der Waals surface area contributed by atoms with Crippen LogP contribution in [-0.4, -0.2) is 96.7 Å². The second-order valence-corrected chi connectivity index (χ2v) is 15.6.